The van der Waals surface area contributed by atoms with E-state index >= 15 is 0 Å². The molecule has 2 aliphatic heterocycles. The van der Waals surface area contributed by atoms with Gasteiger partial charge in [-0.05, 0) is 93.5 Å². The SMILES string of the molecule is CCN(C(=O)C1CCN(C(=O)OC)CC1)[C@H]1CCC2(CCN(CCC(C)(C)C)CC2)c2ccccc21. The molecule has 1 aromatic rings. The molecule has 1 atom stereocenters. The number of piperidine rings is 2. The van der Waals surface area contributed by atoms with Gasteiger partial charge in [-0.2, -0.15) is 0 Å². The first-order valence-electron chi connectivity index (χ1n) is 14.1. The molecule has 0 unspecified atom stereocenters. The molecular weight excluding hydrogens is 450 g/mol. The largest absolute Gasteiger partial charge is 0.453 e. The van der Waals surface area contributed by atoms with Crippen LogP contribution in [0.4, 0.5) is 4.79 Å². The van der Waals surface area contributed by atoms with E-state index in [2.05, 4.69) is 61.8 Å². The van der Waals surface area contributed by atoms with Crippen LogP contribution in [-0.4, -0.2) is 73.1 Å². The number of amides is 2. The van der Waals surface area contributed by atoms with Crippen molar-refractivity contribution in [2.75, 3.05) is 46.4 Å². The van der Waals surface area contributed by atoms with E-state index in [1.165, 1.54) is 57.1 Å². The van der Waals surface area contributed by atoms with Gasteiger partial charge in [0.2, 0.25) is 5.91 Å². The maximum Gasteiger partial charge on any atom is 0.409 e. The molecule has 36 heavy (non-hydrogen) atoms. The lowest BCUT2D eigenvalue weighted by atomic mass is 9.63. The summed E-state index contributed by atoms with van der Waals surface area (Å²) in [7, 11) is 1.42. The van der Waals surface area contributed by atoms with Gasteiger partial charge in [-0.3, -0.25) is 4.79 Å². The molecule has 0 saturated carbocycles. The van der Waals surface area contributed by atoms with Crippen molar-refractivity contribution in [3.63, 3.8) is 0 Å². The van der Waals surface area contributed by atoms with Gasteiger partial charge in [0.15, 0.2) is 0 Å². The first-order valence-corrected chi connectivity index (χ1v) is 14.1. The molecule has 1 aliphatic carbocycles. The van der Waals surface area contributed by atoms with E-state index in [9.17, 15) is 9.59 Å². The molecule has 2 amide bonds. The van der Waals surface area contributed by atoms with Gasteiger partial charge < -0.3 is 19.4 Å². The zero-order valence-electron chi connectivity index (χ0n) is 23.2. The Balaban J connectivity index is 1.46. The molecule has 1 aromatic carbocycles. The van der Waals surface area contributed by atoms with Crippen LogP contribution in [0.5, 0.6) is 0 Å². The summed E-state index contributed by atoms with van der Waals surface area (Å²) < 4.78 is 4.87. The number of carbonyl (C=O) groups is 2. The van der Waals surface area contributed by atoms with Crippen molar-refractivity contribution in [2.45, 2.75) is 84.1 Å². The minimum atomic E-state index is -0.288. The van der Waals surface area contributed by atoms with Crippen molar-refractivity contribution in [1.29, 1.82) is 0 Å². The molecule has 6 heteroatoms. The number of hydrogen-bond acceptors (Lipinski definition) is 4. The Morgan fingerprint density at radius 3 is 2.31 bits per heavy atom. The molecule has 0 N–H and O–H groups in total. The van der Waals surface area contributed by atoms with Gasteiger partial charge in [0.1, 0.15) is 0 Å². The van der Waals surface area contributed by atoms with Crippen LogP contribution < -0.4 is 0 Å². The van der Waals surface area contributed by atoms with E-state index in [1.807, 2.05) is 0 Å². The number of benzene rings is 1. The number of ether oxygens (including phenoxy) is 1. The van der Waals surface area contributed by atoms with Crippen LogP contribution in [0.15, 0.2) is 24.3 Å². The fraction of sp³-hybridized carbons (Fsp3) is 0.733. The normalized spacial score (nSPS) is 22.8. The number of fused-ring (bicyclic) bond motifs is 2. The third-order valence-corrected chi connectivity index (χ3v) is 9.06. The minimum absolute atomic E-state index is 0.0139. The highest BCUT2D eigenvalue weighted by Crippen LogP contribution is 2.49. The summed E-state index contributed by atoms with van der Waals surface area (Å²) >= 11 is 0. The molecule has 2 fully saturated rings. The molecule has 3 aliphatic rings. The van der Waals surface area contributed by atoms with E-state index in [0.29, 0.717) is 31.3 Å². The fourth-order valence-corrected chi connectivity index (χ4v) is 6.72. The smallest absolute Gasteiger partial charge is 0.409 e. The van der Waals surface area contributed by atoms with Gasteiger partial charge in [-0.25, -0.2) is 4.79 Å². The zero-order valence-corrected chi connectivity index (χ0v) is 23.2. The second kappa shape index (κ2) is 11.1. The lowest BCUT2D eigenvalue weighted by Crippen LogP contribution is -2.49. The number of rotatable bonds is 5. The van der Waals surface area contributed by atoms with Crippen LogP contribution in [0.25, 0.3) is 0 Å². The molecule has 2 saturated heterocycles. The number of likely N-dealkylation sites (tertiary alicyclic amines) is 2. The van der Waals surface area contributed by atoms with Gasteiger partial charge in [-0.1, -0.05) is 45.0 Å². The second-order valence-electron chi connectivity index (χ2n) is 12.4. The quantitative estimate of drug-likeness (QED) is 0.530. The topological polar surface area (TPSA) is 53.1 Å². The lowest BCUT2D eigenvalue weighted by molar-refractivity contribution is -0.140. The Morgan fingerprint density at radius 1 is 1.03 bits per heavy atom. The standard InChI is InChI=1S/C30H47N3O3/c1-6-33(27(34)23-12-18-32(19-13-23)28(35)36-5)26-11-14-30(25-10-8-7-9-24(25)26)16-21-31(22-17-30)20-15-29(2,3)4/h7-10,23,26H,6,11-22H2,1-5H3/t26-/m0/s1. The van der Waals surface area contributed by atoms with Crippen LogP contribution in [-0.2, 0) is 14.9 Å². The average Bonchev–Trinajstić information content (AvgIpc) is 2.89. The molecular formula is C30H47N3O3. The van der Waals surface area contributed by atoms with Crippen molar-refractivity contribution in [1.82, 2.24) is 14.7 Å². The zero-order chi connectivity index (χ0) is 25.9. The number of hydrogen-bond donors (Lipinski definition) is 0. The van der Waals surface area contributed by atoms with Crippen LogP contribution >= 0.6 is 0 Å². The molecule has 0 radical (unpaired) electrons. The Kier molecular flexibility index (Phi) is 8.33. The van der Waals surface area contributed by atoms with Gasteiger partial charge in [-0.15, -0.1) is 0 Å². The van der Waals surface area contributed by atoms with Gasteiger partial charge in [0, 0.05) is 25.6 Å². The summed E-state index contributed by atoms with van der Waals surface area (Å²) in [4.78, 5) is 32.1. The lowest BCUT2D eigenvalue weighted by Gasteiger charge is -2.49. The number of carbonyl (C=O) groups excluding carboxylic acids is 2. The summed E-state index contributed by atoms with van der Waals surface area (Å²) in [6.07, 6.45) is 7.01. The predicted molar refractivity (Wildman–Crippen MR) is 144 cm³/mol. The highest BCUT2D eigenvalue weighted by Gasteiger charge is 2.44. The van der Waals surface area contributed by atoms with Crippen LogP contribution in [0, 0.1) is 11.3 Å². The first-order chi connectivity index (χ1) is 17.2. The maximum atomic E-state index is 13.7. The number of methoxy groups -OCH3 is 1. The summed E-state index contributed by atoms with van der Waals surface area (Å²) in [6.45, 7) is 14.6. The van der Waals surface area contributed by atoms with E-state index in [1.54, 1.807) is 4.90 Å². The second-order valence-corrected chi connectivity index (χ2v) is 12.4. The monoisotopic (exact) mass is 497 g/mol. The summed E-state index contributed by atoms with van der Waals surface area (Å²) in [5.41, 5.74) is 3.49. The molecule has 4 rings (SSSR count). The van der Waals surface area contributed by atoms with E-state index in [4.69, 9.17) is 4.74 Å². The molecule has 200 valence electrons. The highest BCUT2D eigenvalue weighted by atomic mass is 16.5. The van der Waals surface area contributed by atoms with Crippen molar-refractivity contribution >= 4 is 12.0 Å². The van der Waals surface area contributed by atoms with E-state index < -0.39 is 0 Å². The van der Waals surface area contributed by atoms with Crippen molar-refractivity contribution in [3.8, 4) is 0 Å². The minimum Gasteiger partial charge on any atom is -0.453 e. The van der Waals surface area contributed by atoms with Gasteiger partial charge >= 0.3 is 6.09 Å². The maximum absolute atomic E-state index is 13.7. The average molecular weight is 498 g/mol. The third-order valence-electron chi connectivity index (χ3n) is 9.06. The molecule has 0 bridgehead atoms. The van der Waals surface area contributed by atoms with Crippen LogP contribution in [0.3, 0.4) is 0 Å². The molecule has 0 aromatic heterocycles. The fourth-order valence-electron chi connectivity index (χ4n) is 6.72. The third kappa shape index (κ3) is 5.74. The van der Waals surface area contributed by atoms with Crippen LogP contribution in [0.2, 0.25) is 0 Å². The van der Waals surface area contributed by atoms with Gasteiger partial charge in [0.05, 0.1) is 13.2 Å². The summed E-state index contributed by atoms with van der Waals surface area (Å²) in [5.74, 6) is 0.245. The van der Waals surface area contributed by atoms with E-state index in [0.717, 1.165) is 19.4 Å². The Bertz CT molecular complexity index is 908. The van der Waals surface area contributed by atoms with Crippen molar-refractivity contribution in [3.05, 3.63) is 35.4 Å². The molecule has 6 nitrogen and oxygen atoms in total. The van der Waals surface area contributed by atoms with Gasteiger partial charge in [0.25, 0.3) is 0 Å². The van der Waals surface area contributed by atoms with Crippen molar-refractivity contribution in [2.24, 2.45) is 11.3 Å². The Morgan fingerprint density at radius 2 is 1.69 bits per heavy atom. The van der Waals surface area contributed by atoms with Crippen molar-refractivity contribution < 1.29 is 14.3 Å². The predicted octanol–water partition coefficient (Wildman–Crippen LogP) is 5.62. The highest BCUT2D eigenvalue weighted by molar-refractivity contribution is 5.80. The van der Waals surface area contributed by atoms with Crippen LogP contribution in [0.1, 0.15) is 89.8 Å². The first kappa shape index (κ1) is 27.0. The Labute approximate surface area is 218 Å². The molecule has 2 heterocycles. The number of nitrogens with zero attached hydrogens (tertiary/aromatic N) is 3. The Hall–Kier alpha value is -2.08. The summed E-state index contributed by atoms with van der Waals surface area (Å²) in [6, 6.07) is 9.12. The van der Waals surface area contributed by atoms with E-state index in [-0.39, 0.29) is 29.4 Å². The summed E-state index contributed by atoms with van der Waals surface area (Å²) in [5, 5.41) is 0. The molecule has 1 spiro atoms.